The van der Waals surface area contributed by atoms with Crippen LogP contribution in [0, 0.1) is 0 Å². The van der Waals surface area contributed by atoms with Crippen molar-refractivity contribution in [3.63, 3.8) is 0 Å². The molecule has 0 aliphatic carbocycles. The van der Waals surface area contributed by atoms with Gasteiger partial charge in [-0.2, -0.15) is 0 Å². The van der Waals surface area contributed by atoms with Gasteiger partial charge in [0, 0.05) is 26.1 Å². The lowest BCUT2D eigenvalue weighted by Crippen LogP contribution is -2.52. The van der Waals surface area contributed by atoms with E-state index in [2.05, 4.69) is 5.32 Å². The van der Waals surface area contributed by atoms with Crippen LogP contribution in [0.1, 0.15) is 25.7 Å². The summed E-state index contributed by atoms with van der Waals surface area (Å²) in [6.07, 6.45) is 3.84. The summed E-state index contributed by atoms with van der Waals surface area (Å²) in [5.74, 6) is -0.180. The Labute approximate surface area is 88.8 Å². The highest BCUT2D eigenvalue weighted by molar-refractivity contribution is 5.96. The van der Waals surface area contributed by atoms with E-state index in [0.29, 0.717) is 19.5 Å². The van der Waals surface area contributed by atoms with Crippen molar-refractivity contribution in [2.45, 2.75) is 31.8 Å². The highest BCUT2D eigenvalue weighted by Gasteiger charge is 2.26. The van der Waals surface area contributed by atoms with Crippen LogP contribution in [0.3, 0.4) is 0 Å². The van der Waals surface area contributed by atoms with Crippen molar-refractivity contribution in [2.24, 2.45) is 0 Å². The first-order valence-corrected chi connectivity index (χ1v) is 5.46. The molecule has 15 heavy (non-hydrogen) atoms. The van der Waals surface area contributed by atoms with Crippen LogP contribution in [0.2, 0.25) is 0 Å². The van der Waals surface area contributed by atoms with Crippen LogP contribution in [0.5, 0.6) is 0 Å². The first-order valence-electron chi connectivity index (χ1n) is 5.46. The van der Waals surface area contributed by atoms with Crippen LogP contribution in [0.4, 0.5) is 4.79 Å². The summed E-state index contributed by atoms with van der Waals surface area (Å²) in [5, 5.41) is 2.31. The van der Waals surface area contributed by atoms with Crippen molar-refractivity contribution in [1.29, 1.82) is 0 Å². The molecule has 0 saturated carbocycles. The van der Waals surface area contributed by atoms with Crippen molar-refractivity contribution >= 4 is 11.9 Å². The van der Waals surface area contributed by atoms with Gasteiger partial charge < -0.3 is 9.64 Å². The number of carbonyl (C=O) groups is 2. The summed E-state index contributed by atoms with van der Waals surface area (Å²) in [7, 11) is 0. The van der Waals surface area contributed by atoms with Gasteiger partial charge in [-0.1, -0.05) is 0 Å². The summed E-state index contributed by atoms with van der Waals surface area (Å²) in [6.45, 7) is 1.92. The second-order valence-corrected chi connectivity index (χ2v) is 4.04. The van der Waals surface area contributed by atoms with Gasteiger partial charge in [0.2, 0.25) is 5.91 Å². The maximum Gasteiger partial charge on any atom is 0.324 e. The minimum Gasteiger partial charge on any atom is -0.376 e. The predicted octanol–water partition coefficient (Wildman–Crippen LogP) is 0.497. The van der Waals surface area contributed by atoms with Gasteiger partial charge in [0.05, 0.1) is 6.10 Å². The smallest absolute Gasteiger partial charge is 0.324 e. The van der Waals surface area contributed by atoms with E-state index in [4.69, 9.17) is 4.74 Å². The van der Waals surface area contributed by atoms with Crippen molar-refractivity contribution in [3.8, 4) is 0 Å². The topological polar surface area (TPSA) is 58.6 Å². The molecule has 2 rings (SSSR count). The number of rotatable bonds is 2. The minimum absolute atomic E-state index is 0.151. The van der Waals surface area contributed by atoms with E-state index in [9.17, 15) is 9.59 Å². The summed E-state index contributed by atoms with van der Waals surface area (Å²) < 4.78 is 5.55. The van der Waals surface area contributed by atoms with Crippen LogP contribution in [-0.4, -0.2) is 42.6 Å². The number of nitrogens with one attached hydrogen (secondary N) is 1. The molecule has 2 heterocycles. The van der Waals surface area contributed by atoms with Crippen molar-refractivity contribution in [3.05, 3.63) is 0 Å². The van der Waals surface area contributed by atoms with Crippen molar-refractivity contribution in [1.82, 2.24) is 10.2 Å². The fourth-order valence-electron chi connectivity index (χ4n) is 1.97. The van der Waals surface area contributed by atoms with Crippen LogP contribution < -0.4 is 5.32 Å². The van der Waals surface area contributed by atoms with Gasteiger partial charge in [-0.3, -0.25) is 10.1 Å². The quantitative estimate of drug-likeness (QED) is 0.725. The Morgan fingerprint density at radius 1 is 1.40 bits per heavy atom. The number of urea groups is 1. The van der Waals surface area contributed by atoms with Crippen LogP contribution >= 0.6 is 0 Å². The second-order valence-electron chi connectivity index (χ2n) is 4.04. The zero-order chi connectivity index (χ0) is 10.7. The molecule has 0 bridgehead atoms. The van der Waals surface area contributed by atoms with Gasteiger partial charge in [-0.25, -0.2) is 4.79 Å². The monoisotopic (exact) mass is 212 g/mol. The van der Waals surface area contributed by atoms with Gasteiger partial charge in [0.15, 0.2) is 0 Å². The Balaban J connectivity index is 1.82. The molecule has 2 aliphatic rings. The summed E-state index contributed by atoms with van der Waals surface area (Å²) >= 11 is 0. The number of ether oxygens (including phenoxy) is 1. The fraction of sp³-hybridized carbons (Fsp3) is 0.800. The number of amides is 3. The molecule has 1 N–H and O–H groups in total. The zero-order valence-electron chi connectivity index (χ0n) is 8.70. The third-order valence-electron chi connectivity index (χ3n) is 2.84. The van der Waals surface area contributed by atoms with Gasteiger partial charge in [0.25, 0.3) is 0 Å². The van der Waals surface area contributed by atoms with Gasteiger partial charge in [-0.05, 0) is 19.3 Å². The summed E-state index contributed by atoms with van der Waals surface area (Å²) in [5.41, 5.74) is 0. The maximum atomic E-state index is 11.4. The molecule has 0 aromatic carbocycles. The zero-order valence-corrected chi connectivity index (χ0v) is 8.70. The molecular weight excluding hydrogens is 196 g/mol. The molecule has 0 aromatic heterocycles. The maximum absolute atomic E-state index is 11.4. The van der Waals surface area contributed by atoms with E-state index in [0.717, 1.165) is 19.4 Å². The van der Waals surface area contributed by atoms with Crippen LogP contribution in [0.15, 0.2) is 0 Å². The molecule has 0 radical (unpaired) electrons. The van der Waals surface area contributed by atoms with Crippen molar-refractivity contribution in [2.75, 3.05) is 19.7 Å². The third-order valence-corrected chi connectivity index (χ3v) is 2.84. The highest BCUT2D eigenvalue weighted by Crippen LogP contribution is 2.14. The fourth-order valence-corrected chi connectivity index (χ4v) is 1.97. The lowest BCUT2D eigenvalue weighted by atomic mass is 10.1. The van der Waals surface area contributed by atoms with Gasteiger partial charge in [0.1, 0.15) is 0 Å². The molecule has 2 aliphatic heterocycles. The molecule has 5 heteroatoms. The molecule has 84 valence electrons. The summed E-state index contributed by atoms with van der Waals surface area (Å²) in [4.78, 5) is 24.0. The first-order chi connectivity index (χ1) is 7.25. The van der Waals surface area contributed by atoms with Gasteiger partial charge >= 0.3 is 6.03 Å². The Morgan fingerprint density at radius 3 is 2.93 bits per heavy atom. The molecule has 1 unspecified atom stereocenters. The predicted molar refractivity (Wildman–Crippen MR) is 53.3 cm³/mol. The second kappa shape index (κ2) is 4.61. The molecule has 2 saturated heterocycles. The lowest BCUT2D eigenvalue weighted by Gasteiger charge is -2.31. The normalized spacial score (nSPS) is 27.7. The average molecular weight is 212 g/mol. The molecule has 0 aromatic rings. The Morgan fingerprint density at radius 2 is 2.27 bits per heavy atom. The van der Waals surface area contributed by atoms with Crippen molar-refractivity contribution < 1.29 is 14.3 Å². The largest absolute Gasteiger partial charge is 0.376 e. The third kappa shape index (κ3) is 2.68. The lowest BCUT2D eigenvalue weighted by molar-refractivity contribution is -0.121. The van der Waals surface area contributed by atoms with Gasteiger partial charge in [-0.15, -0.1) is 0 Å². The van der Waals surface area contributed by atoms with E-state index in [1.807, 2.05) is 0 Å². The Hall–Kier alpha value is -1.10. The van der Waals surface area contributed by atoms with E-state index in [1.165, 1.54) is 6.42 Å². The van der Waals surface area contributed by atoms with E-state index < -0.39 is 0 Å². The average Bonchev–Trinajstić information content (AvgIpc) is 2.24. The molecule has 3 amide bonds. The molecule has 1 atom stereocenters. The number of nitrogens with zero attached hydrogens (tertiary/aromatic N) is 1. The standard InChI is InChI=1S/C10H16N2O3/c13-9-4-5-12(10(14)11-9)7-8-3-1-2-6-15-8/h8H,1-7H2,(H,11,13,14). The number of hydrogen-bond acceptors (Lipinski definition) is 3. The first kappa shape index (κ1) is 10.4. The number of imide groups is 1. The Bertz CT molecular complexity index is 261. The van der Waals surface area contributed by atoms with Crippen LogP contribution in [0.25, 0.3) is 0 Å². The van der Waals surface area contributed by atoms with E-state index in [-0.39, 0.29) is 18.0 Å². The Kier molecular flexibility index (Phi) is 3.20. The summed E-state index contributed by atoms with van der Waals surface area (Å²) in [6, 6.07) is -0.277. The highest BCUT2D eigenvalue weighted by atomic mass is 16.5. The minimum atomic E-state index is -0.277. The molecular formula is C10H16N2O3. The number of hydrogen-bond donors (Lipinski definition) is 1. The van der Waals surface area contributed by atoms with E-state index >= 15 is 0 Å². The molecule has 5 nitrogen and oxygen atoms in total. The van der Waals surface area contributed by atoms with E-state index in [1.54, 1.807) is 4.90 Å². The van der Waals surface area contributed by atoms with Crippen LogP contribution in [-0.2, 0) is 9.53 Å². The number of carbonyl (C=O) groups excluding carboxylic acids is 2. The molecule has 0 spiro atoms. The molecule has 2 fully saturated rings. The SMILES string of the molecule is O=C1CCN(CC2CCCCO2)C(=O)N1.